The Labute approximate surface area is 41.2 Å². The number of aliphatic imine (C=N–C) groups is 1. The highest BCUT2D eigenvalue weighted by molar-refractivity contribution is 6.36. The van der Waals surface area contributed by atoms with Crippen LogP contribution < -0.4 is 11.5 Å². The average Bonchev–Trinajstić information content (AvgIpc) is 1.65. The Bertz CT molecular complexity index is 107. The second kappa shape index (κ2) is 2.17. The van der Waals surface area contributed by atoms with Crippen LogP contribution in [0.3, 0.4) is 0 Å². The summed E-state index contributed by atoms with van der Waals surface area (Å²) in [4.78, 5) is 13.2. The molecule has 40 valence electrons. The molecule has 0 radical (unpaired) electrons. The molecule has 0 aromatic heterocycles. The summed E-state index contributed by atoms with van der Waals surface area (Å²) in [6.45, 7) is 0. The summed E-state index contributed by atoms with van der Waals surface area (Å²) in [7, 11) is 1.40. The summed E-state index contributed by atoms with van der Waals surface area (Å²) in [6.07, 6.45) is 0. The van der Waals surface area contributed by atoms with E-state index in [1.807, 2.05) is 0 Å². The van der Waals surface area contributed by atoms with Crippen molar-refractivity contribution >= 4 is 11.7 Å². The van der Waals surface area contributed by atoms with Gasteiger partial charge in [-0.05, 0) is 0 Å². The predicted octanol–water partition coefficient (Wildman–Crippen LogP) is -1.54. The Kier molecular flexibility index (Phi) is 1.84. The Balaban J connectivity index is 3.82. The zero-order valence-corrected chi connectivity index (χ0v) is 4.01. The van der Waals surface area contributed by atoms with Gasteiger partial charge in [0.15, 0.2) is 5.84 Å². The maximum absolute atomic E-state index is 9.90. The number of rotatable bonds is 0. The van der Waals surface area contributed by atoms with Crippen molar-refractivity contribution in [2.24, 2.45) is 16.5 Å². The van der Waals surface area contributed by atoms with Crippen LogP contribution in [0.4, 0.5) is 0 Å². The van der Waals surface area contributed by atoms with Crippen molar-refractivity contribution in [3.05, 3.63) is 0 Å². The number of carbonyl (C=O) groups is 1. The predicted molar refractivity (Wildman–Crippen MR) is 26.7 cm³/mol. The van der Waals surface area contributed by atoms with Crippen LogP contribution in [0, 0.1) is 0 Å². The first kappa shape index (κ1) is 5.94. The molecule has 0 fully saturated rings. The number of hydrogen-bond acceptors (Lipinski definition) is 2. The molecule has 0 saturated carbocycles. The van der Waals surface area contributed by atoms with Gasteiger partial charge in [-0.25, -0.2) is 0 Å². The Morgan fingerprint density at radius 2 is 2.00 bits per heavy atom. The van der Waals surface area contributed by atoms with Gasteiger partial charge >= 0.3 is 0 Å². The van der Waals surface area contributed by atoms with Crippen LogP contribution in [-0.2, 0) is 4.79 Å². The highest BCUT2D eigenvalue weighted by atomic mass is 16.1. The van der Waals surface area contributed by atoms with Gasteiger partial charge in [0, 0.05) is 7.05 Å². The SMILES string of the molecule is CN=C(N)C(N)=O. The first-order valence-electron chi connectivity index (χ1n) is 1.70. The lowest BCUT2D eigenvalue weighted by atomic mass is 10.6. The van der Waals surface area contributed by atoms with Crippen LogP contribution in [-0.4, -0.2) is 18.8 Å². The normalized spacial score (nSPS) is 11.3. The molecule has 4 heteroatoms. The molecule has 7 heavy (non-hydrogen) atoms. The van der Waals surface area contributed by atoms with Gasteiger partial charge in [0.2, 0.25) is 0 Å². The van der Waals surface area contributed by atoms with Crippen molar-refractivity contribution in [3.63, 3.8) is 0 Å². The van der Waals surface area contributed by atoms with Crippen molar-refractivity contribution in [1.29, 1.82) is 0 Å². The molecule has 0 bridgehead atoms. The fraction of sp³-hybridized carbons (Fsp3) is 0.333. The van der Waals surface area contributed by atoms with E-state index in [1.165, 1.54) is 7.05 Å². The third kappa shape index (κ3) is 1.75. The van der Waals surface area contributed by atoms with Crippen molar-refractivity contribution in [2.45, 2.75) is 0 Å². The average molecular weight is 101 g/mol. The maximum Gasteiger partial charge on any atom is 0.283 e. The van der Waals surface area contributed by atoms with Crippen molar-refractivity contribution in [3.8, 4) is 0 Å². The van der Waals surface area contributed by atoms with E-state index < -0.39 is 5.91 Å². The topological polar surface area (TPSA) is 81.5 Å². The third-order valence-electron chi connectivity index (χ3n) is 0.493. The molecule has 0 aliphatic carbocycles. The van der Waals surface area contributed by atoms with Gasteiger partial charge in [0.25, 0.3) is 5.91 Å². The Hall–Kier alpha value is -1.06. The second-order valence-electron chi connectivity index (χ2n) is 0.973. The maximum atomic E-state index is 9.90. The van der Waals surface area contributed by atoms with E-state index in [0.717, 1.165) is 0 Å². The molecule has 0 rings (SSSR count). The van der Waals surface area contributed by atoms with Crippen LogP contribution in [0.2, 0.25) is 0 Å². The molecular formula is C3H7N3O. The van der Waals surface area contributed by atoms with E-state index in [0.29, 0.717) is 0 Å². The summed E-state index contributed by atoms with van der Waals surface area (Å²) in [5.41, 5.74) is 9.54. The number of hydrogen-bond donors (Lipinski definition) is 2. The number of nitrogens with two attached hydrogens (primary N) is 2. The molecule has 1 amide bonds. The molecule has 0 aromatic carbocycles. The van der Waals surface area contributed by atoms with Gasteiger partial charge in [-0.3, -0.25) is 9.79 Å². The summed E-state index contributed by atoms with van der Waals surface area (Å²) in [5.74, 6) is -0.817. The molecule has 0 unspecified atom stereocenters. The van der Waals surface area contributed by atoms with E-state index >= 15 is 0 Å². The minimum Gasteiger partial charge on any atom is -0.379 e. The second-order valence-corrected chi connectivity index (χ2v) is 0.973. The number of nitrogens with zero attached hydrogens (tertiary/aromatic N) is 1. The smallest absolute Gasteiger partial charge is 0.283 e. The number of primary amides is 1. The van der Waals surface area contributed by atoms with E-state index in [9.17, 15) is 4.79 Å². The van der Waals surface area contributed by atoms with Gasteiger partial charge in [-0.15, -0.1) is 0 Å². The molecule has 0 spiro atoms. The monoisotopic (exact) mass is 101 g/mol. The van der Waals surface area contributed by atoms with Crippen LogP contribution in [0.5, 0.6) is 0 Å². The van der Waals surface area contributed by atoms with Crippen molar-refractivity contribution < 1.29 is 4.79 Å². The summed E-state index contributed by atoms with van der Waals surface area (Å²) in [6, 6.07) is 0. The highest BCUT2D eigenvalue weighted by Crippen LogP contribution is 1.57. The van der Waals surface area contributed by atoms with Gasteiger partial charge in [0.05, 0.1) is 0 Å². The summed E-state index contributed by atoms with van der Waals surface area (Å²) >= 11 is 0. The van der Waals surface area contributed by atoms with E-state index in [1.54, 1.807) is 0 Å². The molecule has 0 saturated heterocycles. The van der Waals surface area contributed by atoms with E-state index in [2.05, 4.69) is 10.7 Å². The fourth-order valence-corrected chi connectivity index (χ4v) is 0.110. The van der Waals surface area contributed by atoms with Crippen LogP contribution in [0.15, 0.2) is 4.99 Å². The van der Waals surface area contributed by atoms with Crippen LogP contribution in [0.1, 0.15) is 0 Å². The van der Waals surface area contributed by atoms with Crippen LogP contribution >= 0.6 is 0 Å². The highest BCUT2D eigenvalue weighted by Gasteiger charge is 1.93. The minimum absolute atomic E-state index is 0.139. The Morgan fingerprint density at radius 1 is 1.57 bits per heavy atom. The largest absolute Gasteiger partial charge is 0.379 e. The number of amides is 1. The standard InChI is InChI=1S/C3H7N3O/c1-6-2(4)3(5)7/h1H3,(H2,4,6)(H2,5,7). The fourth-order valence-electron chi connectivity index (χ4n) is 0.110. The molecular weight excluding hydrogens is 94.1 g/mol. The van der Waals surface area contributed by atoms with Gasteiger partial charge in [-0.2, -0.15) is 0 Å². The zero-order chi connectivity index (χ0) is 5.86. The molecule has 4 N–H and O–H groups in total. The van der Waals surface area contributed by atoms with E-state index in [-0.39, 0.29) is 5.84 Å². The lowest BCUT2D eigenvalue weighted by Gasteiger charge is -1.85. The van der Waals surface area contributed by atoms with E-state index in [4.69, 9.17) is 5.73 Å². The lowest BCUT2D eigenvalue weighted by Crippen LogP contribution is -2.30. The summed E-state index contributed by atoms with van der Waals surface area (Å²) < 4.78 is 0. The van der Waals surface area contributed by atoms with Gasteiger partial charge < -0.3 is 11.5 Å². The molecule has 4 nitrogen and oxygen atoms in total. The molecule has 0 aliphatic rings. The number of amidine groups is 1. The molecule has 0 aliphatic heterocycles. The Morgan fingerprint density at radius 3 is 2.00 bits per heavy atom. The summed E-state index contributed by atoms with van der Waals surface area (Å²) in [5, 5.41) is 0. The van der Waals surface area contributed by atoms with Gasteiger partial charge in [-0.1, -0.05) is 0 Å². The zero-order valence-electron chi connectivity index (χ0n) is 4.01. The van der Waals surface area contributed by atoms with Crippen LogP contribution in [0.25, 0.3) is 0 Å². The lowest BCUT2D eigenvalue weighted by molar-refractivity contribution is -0.112. The third-order valence-corrected chi connectivity index (χ3v) is 0.493. The van der Waals surface area contributed by atoms with Crippen molar-refractivity contribution in [1.82, 2.24) is 0 Å². The molecule has 0 atom stereocenters. The first-order valence-corrected chi connectivity index (χ1v) is 1.70. The quantitative estimate of drug-likeness (QED) is 0.286. The first-order chi connectivity index (χ1) is 3.18. The molecule has 0 heterocycles. The van der Waals surface area contributed by atoms with Gasteiger partial charge in [0.1, 0.15) is 0 Å². The molecule has 0 aromatic rings. The minimum atomic E-state index is -0.678. The van der Waals surface area contributed by atoms with Crippen molar-refractivity contribution in [2.75, 3.05) is 7.05 Å². The number of carbonyl (C=O) groups excluding carboxylic acids is 1.